The van der Waals surface area contributed by atoms with Crippen molar-refractivity contribution in [2.45, 2.75) is 39.0 Å². The first kappa shape index (κ1) is 16.7. The zero-order valence-corrected chi connectivity index (χ0v) is 13.9. The third-order valence-electron chi connectivity index (χ3n) is 4.37. The molecule has 1 aromatic carbocycles. The molecular formula is C18H23N3O3. The summed E-state index contributed by atoms with van der Waals surface area (Å²) in [6.07, 6.45) is 1.48. The van der Waals surface area contributed by atoms with E-state index < -0.39 is 0 Å². The van der Waals surface area contributed by atoms with Crippen LogP contribution in [0.2, 0.25) is 0 Å². The Labute approximate surface area is 141 Å². The minimum atomic E-state index is -0.234. The number of hydrogen-bond donors (Lipinski definition) is 2. The van der Waals surface area contributed by atoms with E-state index in [9.17, 15) is 9.90 Å². The van der Waals surface area contributed by atoms with E-state index in [-0.39, 0.29) is 12.0 Å². The van der Waals surface area contributed by atoms with E-state index in [0.717, 1.165) is 38.0 Å². The Balaban J connectivity index is 1.60. The van der Waals surface area contributed by atoms with Gasteiger partial charge in [0.2, 0.25) is 0 Å². The van der Waals surface area contributed by atoms with E-state index >= 15 is 0 Å². The Morgan fingerprint density at radius 2 is 2.04 bits per heavy atom. The highest BCUT2D eigenvalue weighted by Gasteiger charge is 2.18. The highest BCUT2D eigenvalue weighted by molar-refractivity contribution is 5.92. The van der Waals surface area contributed by atoms with Crippen LogP contribution < -0.4 is 5.32 Å². The molecule has 6 heteroatoms. The van der Waals surface area contributed by atoms with Crippen molar-refractivity contribution in [3.63, 3.8) is 0 Å². The number of likely N-dealkylation sites (tertiary alicyclic amines) is 1. The second kappa shape index (κ2) is 7.59. The summed E-state index contributed by atoms with van der Waals surface area (Å²) in [5.74, 6) is 0.385. The van der Waals surface area contributed by atoms with Crippen molar-refractivity contribution in [1.29, 1.82) is 0 Å². The molecule has 0 bridgehead atoms. The molecular weight excluding hydrogens is 306 g/mol. The van der Waals surface area contributed by atoms with Crippen LogP contribution >= 0.6 is 0 Å². The molecule has 0 unspecified atom stereocenters. The van der Waals surface area contributed by atoms with Crippen LogP contribution in [0.25, 0.3) is 0 Å². The summed E-state index contributed by atoms with van der Waals surface area (Å²) in [6.45, 7) is 4.86. The first-order chi connectivity index (χ1) is 11.6. The number of aromatic nitrogens is 1. The van der Waals surface area contributed by atoms with Gasteiger partial charge in [-0.3, -0.25) is 9.69 Å². The highest BCUT2D eigenvalue weighted by atomic mass is 16.5. The van der Waals surface area contributed by atoms with Gasteiger partial charge >= 0.3 is 0 Å². The van der Waals surface area contributed by atoms with Crippen LogP contribution in [-0.4, -0.2) is 40.3 Å². The first-order valence-electron chi connectivity index (χ1n) is 8.30. The third-order valence-corrected chi connectivity index (χ3v) is 4.37. The number of carbonyl (C=O) groups excluding carboxylic acids is 1. The molecule has 128 valence electrons. The van der Waals surface area contributed by atoms with Gasteiger partial charge in [0.1, 0.15) is 5.76 Å². The number of hydrogen-bond acceptors (Lipinski definition) is 5. The molecule has 0 radical (unpaired) electrons. The summed E-state index contributed by atoms with van der Waals surface area (Å²) >= 11 is 0. The van der Waals surface area contributed by atoms with Gasteiger partial charge in [-0.15, -0.1) is 0 Å². The lowest BCUT2D eigenvalue weighted by molar-refractivity contribution is 0.0790. The van der Waals surface area contributed by atoms with Gasteiger partial charge in [-0.05, 0) is 30.9 Å². The maximum Gasteiger partial charge on any atom is 0.273 e. The fourth-order valence-electron chi connectivity index (χ4n) is 2.94. The molecule has 1 aromatic heterocycles. The molecule has 1 aliphatic rings. The molecule has 0 saturated carbocycles. The normalized spacial score (nSPS) is 16.2. The van der Waals surface area contributed by atoms with Crippen LogP contribution in [0.4, 0.5) is 0 Å². The van der Waals surface area contributed by atoms with Crippen molar-refractivity contribution in [3.05, 3.63) is 52.9 Å². The number of aliphatic hydroxyl groups is 1. The highest BCUT2D eigenvalue weighted by Crippen LogP contribution is 2.16. The van der Waals surface area contributed by atoms with Crippen LogP contribution in [0, 0.1) is 6.92 Å². The Morgan fingerprint density at radius 3 is 2.71 bits per heavy atom. The van der Waals surface area contributed by atoms with Crippen LogP contribution in [-0.2, 0) is 13.1 Å². The summed E-state index contributed by atoms with van der Waals surface area (Å²) in [7, 11) is 0. The predicted molar refractivity (Wildman–Crippen MR) is 89.4 cm³/mol. The fraction of sp³-hybridized carbons (Fsp3) is 0.444. The zero-order valence-electron chi connectivity index (χ0n) is 13.9. The van der Waals surface area contributed by atoms with E-state index in [1.54, 1.807) is 13.0 Å². The van der Waals surface area contributed by atoms with Crippen molar-refractivity contribution in [2.75, 3.05) is 13.1 Å². The number of nitrogens with one attached hydrogen (secondary N) is 1. The van der Waals surface area contributed by atoms with Crippen LogP contribution in [0.3, 0.4) is 0 Å². The number of nitrogens with zero attached hydrogens (tertiary/aromatic N) is 2. The minimum Gasteiger partial charge on any atom is -0.393 e. The average Bonchev–Trinajstić information content (AvgIpc) is 3.02. The second-order valence-corrected chi connectivity index (χ2v) is 6.28. The maximum absolute atomic E-state index is 12.1. The molecule has 1 fully saturated rings. The number of rotatable bonds is 5. The number of amides is 1. The van der Waals surface area contributed by atoms with Crippen LogP contribution in [0.15, 0.2) is 34.9 Å². The molecule has 0 spiro atoms. The Morgan fingerprint density at radius 1 is 1.33 bits per heavy atom. The molecule has 0 aliphatic carbocycles. The summed E-state index contributed by atoms with van der Waals surface area (Å²) in [5, 5.41) is 16.2. The quantitative estimate of drug-likeness (QED) is 0.875. The zero-order chi connectivity index (χ0) is 16.9. The minimum absolute atomic E-state index is 0.165. The predicted octanol–water partition coefficient (Wildman–Crippen LogP) is 1.87. The maximum atomic E-state index is 12.1. The van der Waals surface area contributed by atoms with Gasteiger partial charge in [0.05, 0.1) is 6.10 Å². The van der Waals surface area contributed by atoms with Gasteiger partial charge in [-0.25, -0.2) is 0 Å². The van der Waals surface area contributed by atoms with Gasteiger partial charge in [-0.1, -0.05) is 29.4 Å². The van der Waals surface area contributed by atoms with E-state index in [2.05, 4.69) is 21.4 Å². The van der Waals surface area contributed by atoms with E-state index in [0.29, 0.717) is 18.0 Å². The number of carbonyl (C=O) groups is 1. The van der Waals surface area contributed by atoms with Crippen molar-refractivity contribution in [3.8, 4) is 0 Å². The molecule has 2 heterocycles. The lowest BCUT2D eigenvalue weighted by Gasteiger charge is -2.30. The Kier molecular flexibility index (Phi) is 5.27. The largest absolute Gasteiger partial charge is 0.393 e. The number of aryl methyl sites for hydroxylation is 1. The van der Waals surface area contributed by atoms with Gasteiger partial charge in [0.15, 0.2) is 5.69 Å². The molecule has 0 atom stereocenters. The van der Waals surface area contributed by atoms with E-state index in [1.807, 2.05) is 18.2 Å². The molecule has 6 nitrogen and oxygen atoms in total. The van der Waals surface area contributed by atoms with E-state index in [1.165, 1.54) is 5.56 Å². The number of piperidine rings is 1. The van der Waals surface area contributed by atoms with Gasteiger partial charge in [0.25, 0.3) is 5.91 Å². The molecule has 1 amide bonds. The summed E-state index contributed by atoms with van der Waals surface area (Å²) in [5.41, 5.74) is 2.60. The topological polar surface area (TPSA) is 78.6 Å². The second-order valence-electron chi connectivity index (χ2n) is 6.28. The SMILES string of the molecule is Cc1cc(C(=O)NCc2ccccc2CN2CCC(O)CC2)no1. The van der Waals surface area contributed by atoms with Gasteiger partial charge < -0.3 is 14.9 Å². The van der Waals surface area contributed by atoms with Crippen LogP contribution in [0.5, 0.6) is 0 Å². The van der Waals surface area contributed by atoms with Crippen molar-refractivity contribution < 1.29 is 14.4 Å². The van der Waals surface area contributed by atoms with Gasteiger partial charge in [0, 0.05) is 32.2 Å². The van der Waals surface area contributed by atoms with E-state index in [4.69, 9.17) is 4.52 Å². The third kappa shape index (κ3) is 4.21. The Hall–Kier alpha value is -2.18. The summed E-state index contributed by atoms with van der Waals surface area (Å²) < 4.78 is 4.93. The molecule has 3 rings (SSSR count). The summed E-state index contributed by atoms with van der Waals surface area (Å²) in [6, 6.07) is 9.74. The summed E-state index contributed by atoms with van der Waals surface area (Å²) in [4.78, 5) is 14.4. The average molecular weight is 329 g/mol. The molecule has 24 heavy (non-hydrogen) atoms. The van der Waals surface area contributed by atoms with Crippen molar-refractivity contribution in [2.24, 2.45) is 0 Å². The molecule has 2 N–H and O–H groups in total. The molecule has 1 aliphatic heterocycles. The smallest absolute Gasteiger partial charge is 0.273 e. The lowest BCUT2D eigenvalue weighted by Crippen LogP contribution is -2.35. The number of aliphatic hydroxyl groups excluding tert-OH is 1. The monoisotopic (exact) mass is 329 g/mol. The number of benzene rings is 1. The molecule has 2 aromatic rings. The molecule has 1 saturated heterocycles. The Bertz CT molecular complexity index is 690. The fourth-order valence-corrected chi connectivity index (χ4v) is 2.94. The van der Waals surface area contributed by atoms with Crippen LogP contribution in [0.1, 0.15) is 40.2 Å². The van der Waals surface area contributed by atoms with Crippen molar-refractivity contribution in [1.82, 2.24) is 15.4 Å². The standard InChI is InChI=1S/C18H23N3O3/c1-13-10-17(20-24-13)18(23)19-11-14-4-2-3-5-15(14)12-21-8-6-16(22)7-9-21/h2-5,10,16,22H,6-9,11-12H2,1H3,(H,19,23). The van der Waals surface area contributed by atoms with Crippen molar-refractivity contribution >= 4 is 5.91 Å². The van der Waals surface area contributed by atoms with Gasteiger partial charge in [-0.2, -0.15) is 0 Å². The lowest BCUT2D eigenvalue weighted by atomic mass is 10.0. The first-order valence-corrected chi connectivity index (χ1v) is 8.30.